The predicted octanol–water partition coefficient (Wildman–Crippen LogP) is 1.73. The highest BCUT2D eigenvalue weighted by Crippen LogP contribution is 2.12. The fourth-order valence-corrected chi connectivity index (χ4v) is 1.39. The lowest BCUT2D eigenvalue weighted by Crippen LogP contribution is -2.13. The summed E-state index contributed by atoms with van der Waals surface area (Å²) in [5.74, 6) is -0.591. The molecule has 0 saturated carbocycles. The zero-order valence-corrected chi connectivity index (χ0v) is 10.3. The number of anilines is 1. The molecule has 1 amide bonds. The number of H-pyrrole nitrogens is 1. The summed E-state index contributed by atoms with van der Waals surface area (Å²) in [6, 6.07) is 4.34. The number of carbonyl (C=O) groups excluding carboxylic acids is 1. The van der Waals surface area contributed by atoms with E-state index in [0.29, 0.717) is 5.82 Å². The molecule has 0 saturated heterocycles. The summed E-state index contributed by atoms with van der Waals surface area (Å²) in [5.41, 5.74) is -0.0774. The molecule has 8 nitrogen and oxygen atoms in total. The van der Waals surface area contributed by atoms with Gasteiger partial charge in [-0.25, -0.2) is 4.98 Å². The van der Waals surface area contributed by atoms with Gasteiger partial charge in [-0.3, -0.25) is 4.79 Å². The molecule has 0 aliphatic heterocycles. The average Bonchev–Trinajstić information content (AvgIpc) is 2.81. The smallest absolute Gasteiger partial charge is 0.343 e. The minimum atomic E-state index is -0.665. The van der Waals surface area contributed by atoms with E-state index in [9.17, 15) is 14.9 Å². The summed E-state index contributed by atoms with van der Waals surface area (Å²) in [6.45, 7) is 0. The molecule has 9 heteroatoms. The molecule has 2 heterocycles. The third kappa shape index (κ3) is 2.69. The summed E-state index contributed by atoms with van der Waals surface area (Å²) >= 11 is 3.21. The van der Waals surface area contributed by atoms with E-state index in [1.165, 1.54) is 6.20 Å². The first-order valence-corrected chi connectivity index (χ1v) is 5.48. The summed E-state index contributed by atoms with van der Waals surface area (Å²) in [5, 5.41) is 18.6. The standard InChI is InChI=1S/C9H6BrN5O3/c10-5-1-2-7(11-4-5)12-9(16)6-3-8(14-13-6)15(17)18/h1-4H,(H,13,14)(H,11,12,16). The van der Waals surface area contributed by atoms with Gasteiger partial charge in [0.1, 0.15) is 5.82 Å². The van der Waals surface area contributed by atoms with Crippen molar-refractivity contribution in [3.05, 3.63) is 44.7 Å². The van der Waals surface area contributed by atoms with Crippen molar-refractivity contribution < 1.29 is 9.72 Å². The minimum Gasteiger partial charge on any atom is -0.358 e. The van der Waals surface area contributed by atoms with Crippen molar-refractivity contribution in [2.75, 3.05) is 5.32 Å². The van der Waals surface area contributed by atoms with Crippen LogP contribution in [0.3, 0.4) is 0 Å². The van der Waals surface area contributed by atoms with E-state index in [-0.39, 0.29) is 11.5 Å². The number of halogens is 1. The lowest BCUT2D eigenvalue weighted by atomic mass is 10.4. The number of rotatable bonds is 3. The molecule has 0 aromatic carbocycles. The van der Waals surface area contributed by atoms with E-state index in [2.05, 4.69) is 36.4 Å². The molecule has 0 aliphatic rings. The average molecular weight is 312 g/mol. The van der Waals surface area contributed by atoms with Crippen LogP contribution in [0.25, 0.3) is 0 Å². The Bertz CT molecular complexity index is 595. The van der Waals surface area contributed by atoms with Gasteiger partial charge in [-0.2, -0.15) is 0 Å². The minimum absolute atomic E-state index is 0.0774. The van der Waals surface area contributed by atoms with Gasteiger partial charge in [-0.1, -0.05) is 5.10 Å². The van der Waals surface area contributed by atoms with Crippen molar-refractivity contribution in [2.45, 2.75) is 0 Å². The number of hydrogen-bond donors (Lipinski definition) is 2. The summed E-state index contributed by atoms with van der Waals surface area (Å²) in [4.78, 5) is 25.4. The molecule has 2 aromatic rings. The van der Waals surface area contributed by atoms with Crippen LogP contribution in [0.4, 0.5) is 11.6 Å². The molecule has 0 radical (unpaired) electrons. The monoisotopic (exact) mass is 311 g/mol. The second-order valence-electron chi connectivity index (χ2n) is 3.21. The third-order valence-electron chi connectivity index (χ3n) is 1.96. The zero-order chi connectivity index (χ0) is 13.1. The number of amides is 1. The van der Waals surface area contributed by atoms with Gasteiger partial charge < -0.3 is 15.4 Å². The molecule has 0 bridgehead atoms. The molecule has 92 valence electrons. The van der Waals surface area contributed by atoms with E-state index in [0.717, 1.165) is 10.5 Å². The third-order valence-corrected chi connectivity index (χ3v) is 2.43. The molecule has 0 atom stereocenters. The Morgan fingerprint density at radius 2 is 2.28 bits per heavy atom. The van der Waals surface area contributed by atoms with Crippen LogP contribution < -0.4 is 5.32 Å². The van der Waals surface area contributed by atoms with Crippen LogP contribution in [0.1, 0.15) is 10.5 Å². The summed E-state index contributed by atoms with van der Waals surface area (Å²) < 4.78 is 0.774. The SMILES string of the molecule is O=C(Nc1ccc(Br)cn1)c1cc([N+](=O)[O-])[nH]n1. The van der Waals surface area contributed by atoms with Crippen LogP contribution in [-0.2, 0) is 0 Å². The van der Waals surface area contributed by atoms with Gasteiger partial charge in [-0.05, 0) is 33.0 Å². The molecule has 2 aromatic heterocycles. The van der Waals surface area contributed by atoms with E-state index in [1.54, 1.807) is 12.1 Å². The molecular formula is C9H6BrN5O3. The van der Waals surface area contributed by atoms with E-state index in [4.69, 9.17) is 0 Å². The molecule has 18 heavy (non-hydrogen) atoms. The van der Waals surface area contributed by atoms with Gasteiger partial charge in [0, 0.05) is 10.7 Å². The normalized spacial score (nSPS) is 10.1. The van der Waals surface area contributed by atoms with E-state index >= 15 is 0 Å². The molecule has 2 rings (SSSR count). The highest BCUT2D eigenvalue weighted by molar-refractivity contribution is 9.10. The van der Waals surface area contributed by atoms with Crippen LogP contribution in [-0.4, -0.2) is 26.0 Å². The van der Waals surface area contributed by atoms with Crippen molar-refractivity contribution in [1.29, 1.82) is 0 Å². The van der Waals surface area contributed by atoms with Crippen molar-refractivity contribution in [2.24, 2.45) is 0 Å². The molecule has 0 unspecified atom stereocenters. The first kappa shape index (κ1) is 12.2. The predicted molar refractivity (Wildman–Crippen MR) is 65.1 cm³/mol. The second kappa shape index (κ2) is 4.92. The maximum Gasteiger partial charge on any atom is 0.343 e. The Hall–Kier alpha value is -2.29. The topological polar surface area (TPSA) is 114 Å². The molecule has 2 N–H and O–H groups in total. The largest absolute Gasteiger partial charge is 0.358 e. The van der Waals surface area contributed by atoms with E-state index < -0.39 is 10.8 Å². The molecular weight excluding hydrogens is 306 g/mol. The fourth-order valence-electron chi connectivity index (χ4n) is 1.15. The maximum absolute atomic E-state index is 11.7. The fraction of sp³-hybridized carbons (Fsp3) is 0. The quantitative estimate of drug-likeness (QED) is 0.661. The van der Waals surface area contributed by atoms with Gasteiger partial charge in [0.05, 0.1) is 6.07 Å². The van der Waals surface area contributed by atoms with Crippen molar-refractivity contribution in [3.8, 4) is 0 Å². The number of pyridine rings is 1. The van der Waals surface area contributed by atoms with Crippen LogP contribution in [0.2, 0.25) is 0 Å². The Morgan fingerprint density at radius 1 is 1.50 bits per heavy atom. The number of nitro groups is 1. The molecule has 0 spiro atoms. The second-order valence-corrected chi connectivity index (χ2v) is 4.13. The highest BCUT2D eigenvalue weighted by Gasteiger charge is 2.16. The van der Waals surface area contributed by atoms with Gasteiger partial charge in [-0.15, -0.1) is 5.10 Å². The van der Waals surface area contributed by atoms with Crippen LogP contribution >= 0.6 is 15.9 Å². The number of nitrogens with zero attached hydrogens (tertiary/aromatic N) is 3. The van der Waals surface area contributed by atoms with E-state index in [1.807, 2.05) is 0 Å². The Kier molecular flexibility index (Phi) is 3.33. The van der Waals surface area contributed by atoms with Crippen molar-refractivity contribution in [1.82, 2.24) is 15.2 Å². The Labute approximate surface area is 109 Å². The van der Waals surface area contributed by atoms with Crippen LogP contribution in [0.5, 0.6) is 0 Å². The number of hydrogen-bond acceptors (Lipinski definition) is 5. The van der Waals surface area contributed by atoms with Crippen molar-refractivity contribution in [3.63, 3.8) is 0 Å². The van der Waals surface area contributed by atoms with Crippen molar-refractivity contribution >= 4 is 33.5 Å². The summed E-state index contributed by atoms with van der Waals surface area (Å²) in [7, 11) is 0. The number of carbonyl (C=O) groups is 1. The summed E-state index contributed by atoms with van der Waals surface area (Å²) in [6.07, 6.45) is 1.52. The van der Waals surface area contributed by atoms with Gasteiger partial charge in [0.25, 0.3) is 5.91 Å². The lowest BCUT2D eigenvalue weighted by Gasteiger charge is -2.00. The molecule has 0 aliphatic carbocycles. The first-order chi connectivity index (χ1) is 8.56. The number of aromatic nitrogens is 3. The Balaban J connectivity index is 2.11. The lowest BCUT2D eigenvalue weighted by molar-refractivity contribution is -0.389. The van der Waals surface area contributed by atoms with Gasteiger partial charge in [0.15, 0.2) is 5.69 Å². The first-order valence-electron chi connectivity index (χ1n) is 4.69. The highest BCUT2D eigenvalue weighted by atomic mass is 79.9. The van der Waals surface area contributed by atoms with Gasteiger partial charge in [0.2, 0.25) is 0 Å². The van der Waals surface area contributed by atoms with Crippen LogP contribution in [0, 0.1) is 10.1 Å². The number of aromatic amines is 1. The maximum atomic E-state index is 11.7. The number of nitrogens with one attached hydrogen (secondary N) is 2. The zero-order valence-electron chi connectivity index (χ0n) is 8.75. The Morgan fingerprint density at radius 3 is 2.83 bits per heavy atom. The molecule has 0 fully saturated rings. The van der Waals surface area contributed by atoms with Gasteiger partial charge >= 0.3 is 5.82 Å². The van der Waals surface area contributed by atoms with Crippen LogP contribution in [0.15, 0.2) is 28.9 Å².